The fourth-order valence-electron chi connectivity index (χ4n) is 3.34. The minimum atomic E-state index is 0.624. The Labute approximate surface area is 169 Å². The van der Waals surface area contributed by atoms with Gasteiger partial charge < -0.3 is 14.4 Å². The molecule has 4 heteroatoms. The molecule has 1 aliphatic rings. The van der Waals surface area contributed by atoms with Gasteiger partial charge >= 0.3 is 0 Å². The van der Waals surface area contributed by atoms with Crippen molar-refractivity contribution in [1.29, 1.82) is 0 Å². The highest BCUT2D eigenvalue weighted by Crippen LogP contribution is 2.28. The summed E-state index contributed by atoms with van der Waals surface area (Å²) in [5.74, 6) is 2.15. The van der Waals surface area contributed by atoms with Crippen LogP contribution in [-0.4, -0.2) is 33.0 Å². The van der Waals surface area contributed by atoms with E-state index in [2.05, 4.69) is 48.0 Å². The second-order valence-electron chi connectivity index (χ2n) is 7.76. The molecule has 1 saturated heterocycles. The van der Waals surface area contributed by atoms with Crippen molar-refractivity contribution in [2.24, 2.45) is 10.9 Å². The third-order valence-electron chi connectivity index (χ3n) is 5.07. The number of hydrogen-bond acceptors (Lipinski definition) is 4. The van der Waals surface area contributed by atoms with Crippen molar-refractivity contribution in [1.82, 2.24) is 0 Å². The summed E-state index contributed by atoms with van der Waals surface area (Å²) in [7, 11) is 1.67. The number of ether oxygens (including phenoxy) is 2. The van der Waals surface area contributed by atoms with Gasteiger partial charge in [0.15, 0.2) is 11.5 Å². The van der Waals surface area contributed by atoms with Crippen LogP contribution < -0.4 is 14.4 Å². The number of anilines is 1. The zero-order chi connectivity index (χ0) is 19.8. The second-order valence-corrected chi connectivity index (χ2v) is 7.76. The average Bonchev–Trinajstić information content (AvgIpc) is 2.73. The van der Waals surface area contributed by atoms with Gasteiger partial charge in [0.25, 0.3) is 0 Å². The molecule has 0 bridgehead atoms. The highest BCUT2D eigenvalue weighted by molar-refractivity contribution is 5.83. The molecule has 0 aliphatic carbocycles. The smallest absolute Gasteiger partial charge is 0.161 e. The van der Waals surface area contributed by atoms with Gasteiger partial charge in [-0.25, -0.2) is 0 Å². The Kier molecular flexibility index (Phi) is 7.35. The van der Waals surface area contributed by atoms with E-state index in [0.29, 0.717) is 12.5 Å². The Morgan fingerprint density at radius 2 is 1.75 bits per heavy atom. The normalized spacial score (nSPS) is 14.6. The van der Waals surface area contributed by atoms with Gasteiger partial charge in [-0.15, -0.1) is 0 Å². The molecule has 2 aromatic carbocycles. The van der Waals surface area contributed by atoms with Gasteiger partial charge in [-0.1, -0.05) is 13.8 Å². The predicted molar refractivity (Wildman–Crippen MR) is 118 cm³/mol. The molecular formula is C24H32N2O2. The van der Waals surface area contributed by atoms with Gasteiger partial charge in [0.1, 0.15) is 0 Å². The van der Waals surface area contributed by atoms with Crippen LogP contribution in [0.25, 0.3) is 0 Å². The molecule has 3 rings (SSSR count). The minimum absolute atomic E-state index is 0.624. The summed E-state index contributed by atoms with van der Waals surface area (Å²) < 4.78 is 11.3. The van der Waals surface area contributed by atoms with Crippen LogP contribution in [0.5, 0.6) is 11.5 Å². The van der Waals surface area contributed by atoms with Crippen LogP contribution in [0.3, 0.4) is 0 Å². The first-order valence-corrected chi connectivity index (χ1v) is 10.4. The van der Waals surface area contributed by atoms with Crippen LogP contribution >= 0.6 is 0 Å². The summed E-state index contributed by atoms with van der Waals surface area (Å²) in [4.78, 5) is 7.07. The molecule has 0 atom stereocenters. The van der Waals surface area contributed by atoms with Crippen LogP contribution in [0, 0.1) is 5.92 Å². The molecule has 150 valence electrons. The van der Waals surface area contributed by atoms with E-state index in [4.69, 9.17) is 9.47 Å². The molecule has 0 aromatic heterocycles. The lowest BCUT2D eigenvalue weighted by Gasteiger charge is -2.28. The van der Waals surface area contributed by atoms with Crippen LogP contribution in [0.4, 0.5) is 11.4 Å². The number of nitrogens with zero attached hydrogens (tertiary/aromatic N) is 2. The molecule has 4 nitrogen and oxygen atoms in total. The lowest BCUT2D eigenvalue weighted by Crippen LogP contribution is -2.29. The Hall–Kier alpha value is -2.49. The molecule has 0 N–H and O–H groups in total. The standard InChI is InChI=1S/C24H32N2O2/c1-19(2)13-16-28-23-12-7-20(17-24(23)27-3)18-25-21-8-10-22(11-9-21)26-14-5-4-6-15-26/h7-12,17-19H,4-6,13-16H2,1-3H3. The van der Waals surface area contributed by atoms with E-state index in [1.54, 1.807) is 7.11 Å². The van der Waals surface area contributed by atoms with Crippen molar-refractivity contribution in [3.63, 3.8) is 0 Å². The summed E-state index contributed by atoms with van der Waals surface area (Å²) in [6, 6.07) is 14.5. The molecule has 1 heterocycles. The highest BCUT2D eigenvalue weighted by Gasteiger charge is 2.10. The van der Waals surface area contributed by atoms with Crippen molar-refractivity contribution in [2.45, 2.75) is 39.5 Å². The molecule has 0 radical (unpaired) electrons. The summed E-state index contributed by atoms with van der Waals surface area (Å²) in [6.07, 6.45) is 6.83. The first-order valence-electron chi connectivity index (χ1n) is 10.4. The molecule has 2 aromatic rings. The van der Waals surface area contributed by atoms with E-state index < -0.39 is 0 Å². The molecule has 28 heavy (non-hydrogen) atoms. The van der Waals surface area contributed by atoms with Crippen molar-refractivity contribution in [3.05, 3.63) is 48.0 Å². The Bertz CT molecular complexity index is 763. The fourth-order valence-corrected chi connectivity index (χ4v) is 3.34. The third-order valence-corrected chi connectivity index (χ3v) is 5.07. The van der Waals surface area contributed by atoms with Crippen molar-refractivity contribution in [2.75, 3.05) is 31.7 Å². The number of hydrogen-bond donors (Lipinski definition) is 0. The van der Waals surface area contributed by atoms with Gasteiger partial charge in [-0.3, -0.25) is 4.99 Å². The van der Waals surface area contributed by atoms with E-state index in [-0.39, 0.29) is 0 Å². The quantitative estimate of drug-likeness (QED) is 0.538. The van der Waals surface area contributed by atoms with Crippen LogP contribution in [0.1, 0.15) is 45.1 Å². The molecule has 0 saturated carbocycles. The average molecular weight is 381 g/mol. The molecule has 0 spiro atoms. The number of piperidine rings is 1. The van der Waals surface area contributed by atoms with E-state index in [9.17, 15) is 0 Å². The van der Waals surface area contributed by atoms with E-state index >= 15 is 0 Å². The number of aliphatic imine (C=N–C) groups is 1. The zero-order valence-corrected chi connectivity index (χ0v) is 17.4. The number of methoxy groups -OCH3 is 1. The van der Waals surface area contributed by atoms with Gasteiger partial charge in [-0.2, -0.15) is 0 Å². The highest BCUT2D eigenvalue weighted by atomic mass is 16.5. The Morgan fingerprint density at radius 1 is 1.00 bits per heavy atom. The van der Waals surface area contributed by atoms with Crippen molar-refractivity contribution >= 4 is 17.6 Å². The second kappa shape index (κ2) is 10.2. The molecule has 1 fully saturated rings. The molecule has 1 aliphatic heterocycles. The zero-order valence-electron chi connectivity index (χ0n) is 17.4. The maximum Gasteiger partial charge on any atom is 0.161 e. The van der Waals surface area contributed by atoms with Crippen molar-refractivity contribution < 1.29 is 9.47 Å². The van der Waals surface area contributed by atoms with Gasteiger partial charge in [0, 0.05) is 25.0 Å². The van der Waals surface area contributed by atoms with Crippen molar-refractivity contribution in [3.8, 4) is 11.5 Å². The summed E-state index contributed by atoms with van der Waals surface area (Å²) in [6.45, 7) is 7.41. The van der Waals surface area contributed by atoms with E-state index in [0.717, 1.165) is 42.3 Å². The van der Waals surface area contributed by atoms with E-state index in [1.165, 1.54) is 24.9 Å². The summed E-state index contributed by atoms with van der Waals surface area (Å²) in [5, 5.41) is 0. The molecule has 0 amide bonds. The molecule has 0 unspecified atom stereocenters. The monoisotopic (exact) mass is 380 g/mol. The van der Waals surface area contributed by atoms with Gasteiger partial charge in [-0.05, 0) is 79.6 Å². The Balaban J connectivity index is 1.63. The SMILES string of the molecule is COc1cc(C=Nc2ccc(N3CCCCC3)cc2)ccc1OCCC(C)C. The van der Waals surface area contributed by atoms with Crippen LogP contribution in [0.2, 0.25) is 0 Å². The van der Waals surface area contributed by atoms with Crippen LogP contribution in [-0.2, 0) is 0 Å². The van der Waals surface area contributed by atoms with Gasteiger partial charge in [0.2, 0.25) is 0 Å². The van der Waals surface area contributed by atoms with Crippen LogP contribution in [0.15, 0.2) is 47.5 Å². The predicted octanol–water partition coefficient (Wildman–Crippen LogP) is 5.86. The minimum Gasteiger partial charge on any atom is -0.493 e. The first kappa shape index (κ1) is 20.2. The lowest BCUT2D eigenvalue weighted by molar-refractivity contribution is 0.273. The maximum absolute atomic E-state index is 5.85. The summed E-state index contributed by atoms with van der Waals surface area (Å²) in [5.41, 5.74) is 3.24. The Morgan fingerprint density at radius 3 is 2.43 bits per heavy atom. The lowest BCUT2D eigenvalue weighted by atomic mass is 10.1. The number of benzene rings is 2. The summed E-state index contributed by atoms with van der Waals surface area (Å²) >= 11 is 0. The van der Waals surface area contributed by atoms with E-state index in [1.807, 2.05) is 24.4 Å². The van der Waals surface area contributed by atoms with Gasteiger partial charge in [0.05, 0.1) is 19.4 Å². The maximum atomic E-state index is 5.85. The topological polar surface area (TPSA) is 34.1 Å². The third kappa shape index (κ3) is 5.75. The number of rotatable bonds is 8. The first-order chi connectivity index (χ1) is 13.7. The largest absolute Gasteiger partial charge is 0.493 e. The molecular weight excluding hydrogens is 348 g/mol. The fraction of sp³-hybridized carbons (Fsp3) is 0.458.